The molecule has 0 atom stereocenters. The lowest BCUT2D eigenvalue weighted by Crippen LogP contribution is -2.14. The van der Waals surface area contributed by atoms with Gasteiger partial charge in [0, 0.05) is 50.6 Å². The molecule has 10 aromatic carbocycles. The standard InChI is InChI=1S/C66H49N3/c1-2-56(27-17-18-49-30-47-66-64(48-49)63-28-15-16-29-65(63)69(66)58-25-13-6-14-26-58)67(57-23-11-5-12-24-57)59-39-35-54(36-40-59)55-37-45-62(46-38-55)68(60-41-31-52(32-42-60)50-19-7-3-8-20-50)61-43-33-53(34-44-61)51-21-9-4-10-22-51/h2-48H,1H2. The molecule has 0 saturated heterocycles. The first-order valence-corrected chi connectivity index (χ1v) is 23.4. The lowest BCUT2D eigenvalue weighted by atomic mass is 10.0. The molecule has 0 aliphatic rings. The Morgan fingerprint density at radius 1 is 0.362 bits per heavy atom. The Balaban J connectivity index is 0.877. The van der Waals surface area contributed by atoms with Crippen molar-refractivity contribution in [3.05, 3.63) is 297 Å². The number of hydrogen-bond acceptors (Lipinski definition) is 2. The van der Waals surface area contributed by atoms with Gasteiger partial charge < -0.3 is 14.4 Å². The van der Waals surface area contributed by atoms with Crippen LogP contribution >= 0.6 is 0 Å². The van der Waals surface area contributed by atoms with E-state index in [1.54, 1.807) is 0 Å². The molecule has 0 fully saturated rings. The smallest absolute Gasteiger partial charge is 0.0541 e. The van der Waals surface area contributed by atoms with Gasteiger partial charge in [-0.25, -0.2) is 0 Å². The van der Waals surface area contributed by atoms with Crippen LogP contribution in [0.15, 0.2) is 291 Å². The van der Waals surface area contributed by atoms with Crippen molar-refractivity contribution >= 4 is 56.3 Å². The number of para-hydroxylation sites is 3. The fourth-order valence-corrected chi connectivity index (χ4v) is 9.39. The predicted octanol–water partition coefficient (Wildman–Crippen LogP) is 18.2. The van der Waals surface area contributed by atoms with Crippen LogP contribution < -0.4 is 9.80 Å². The summed E-state index contributed by atoms with van der Waals surface area (Å²) >= 11 is 0. The number of fused-ring (bicyclic) bond motifs is 3. The number of anilines is 5. The second kappa shape index (κ2) is 19.3. The highest BCUT2D eigenvalue weighted by atomic mass is 15.1. The maximum Gasteiger partial charge on any atom is 0.0541 e. The van der Waals surface area contributed by atoms with E-state index >= 15 is 0 Å². The van der Waals surface area contributed by atoms with Gasteiger partial charge in [0.05, 0.1) is 11.0 Å². The van der Waals surface area contributed by atoms with Gasteiger partial charge in [-0.2, -0.15) is 0 Å². The van der Waals surface area contributed by atoms with Gasteiger partial charge in [-0.15, -0.1) is 0 Å². The molecule has 0 N–H and O–H groups in total. The molecule has 328 valence electrons. The van der Waals surface area contributed by atoms with Crippen molar-refractivity contribution in [1.29, 1.82) is 0 Å². The Morgan fingerprint density at radius 2 is 0.768 bits per heavy atom. The lowest BCUT2D eigenvalue weighted by Gasteiger charge is -2.27. The third-order valence-electron chi connectivity index (χ3n) is 12.8. The largest absolute Gasteiger partial charge is 0.311 e. The van der Waals surface area contributed by atoms with E-state index in [-0.39, 0.29) is 0 Å². The topological polar surface area (TPSA) is 11.4 Å². The third kappa shape index (κ3) is 8.81. The minimum Gasteiger partial charge on any atom is -0.311 e. The van der Waals surface area contributed by atoms with Gasteiger partial charge in [0.2, 0.25) is 0 Å². The maximum absolute atomic E-state index is 4.28. The molecule has 11 aromatic rings. The van der Waals surface area contributed by atoms with Crippen molar-refractivity contribution in [2.75, 3.05) is 9.80 Å². The summed E-state index contributed by atoms with van der Waals surface area (Å²) in [7, 11) is 0. The molecule has 11 rings (SSSR count). The van der Waals surface area contributed by atoms with E-state index in [2.05, 4.69) is 300 Å². The lowest BCUT2D eigenvalue weighted by molar-refractivity contribution is 1.18. The molecule has 0 amide bonds. The molecule has 1 heterocycles. The molecule has 0 aliphatic carbocycles. The summed E-state index contributed by atoms with van der Waals surface area (Å²) < 4.78 is 2.35. The van der Waals surface area contributed by atoms with E-state index in [1.165, 1.54) is 44.1 Å². The molecule has 0 bridgehead atoms. The molecule has 69 heavy (non-hydrogen) atoms. The summed E-state index contributed by atoms with van der Waals surface area (Å²) in [5.74, 6) is 0. The van der Waals surface area contributed by atoms with E-state index in [4.69, 9.17) is 0 Å². The average Bonchev–Trinajstić information content (AvgIpc) is 3.76. The average molecular weight is 884 g/mol. The Bertz CT molecular complexity index is 3470. The van der Waals surface area contributed by atoms with Gasteiger partial charge in [-0.05, 0) is 142 Å². The van der Waals surface area contributed by atoms with Crippen LogP contribution in [0.4, 0.5) is 28.4 Å². The van der Waals surface area contributed by atoms with Gasteiger partial charge in [-0.3, -0.25) is 0 Å². The van der Waals surface area contributed by atoms with Crippen LogP contribution in [0.25, 0.3) is 66.9 Å². The number of aromatic nitrogens is 1. The second-order valence-corrected chi connectivity index (χ2v) is 17.0. The molecule has 0 spiro atoms. The highest BCUT2D eigenvalue weighted by Gasteiger charge is 2.16. The molecule has 3 nitrogen and oxygen atoms in total. The van der Waals surface area contributed by atoms with Crippen molar-refractivity contribution in [2.45, 2.75) is 0 Å². The molecule has 0 unspecified atom stereocenters. The first-order valence-electron chi connectivity index (χ1n) is 23.4. The van der Waals surface area contributed by atoms with Crippen molar-refractivity contribution in [3.8, 4) is 39.1 Å². The quantitative estimate of drug-likeness (QED) is 0.107. The van der Waals surface area contributed by atoms with Crippen LogP contribution in [0, 0.1) is 0 Å². The van der Waals surface area contributed by atoms with Crippen LogP contribution in [0.3, 0.4) is 0 Å². The molecular weight excluding hydrogens is 835 g/mol. The van der Waals surface area contributed by atoms with Crippen LogP contribution in [0.2, 0.25) is 0 Å². The number of rotatable bonds is 13. The van der Waals surface area contributed by atoms with Crippen molar-refractivity contribution in [3.63, 3.8) is 0 Å². The van der Waals surface area contributed by atoms with E-state index < -0.39 is 0 Å². The van der Waals surface area contributed by atoms with Crippen LogP contribution in [0.5, 0.6) is 0 Å². The SMILES string of the molecule is C=CC(=CC=Cc1ccc2c(c1)c1ccccc1n2-c1ccccc1)N(c1ccccc1)c1ccc(-c2ccc(N(c3ccc(-c4ccccc4)cc3)c3ccc(-c4ccccc4)cc3)cc2)cc1. The highest BCUT2D eigenvalue weighted by molar-refractivity contribution is 6.09. The number of nitrogens with zero attached hydrogens (tertiary/aromatic N) is 3. The molecule has 0 radical (unpaired) electrons. The van der Waals surface area contributed by atoms with Gasteiger partial charge in [0.25, 0.3) is 0 Å². The normalized spacial score (nSPS) is 11.6. The summed E-state index contributed by atoms with van der Waals surface area (Å²) in [5.41, 5.74) is 18.1. The van der Waals surface area contributed by atoms with Gasteiger partial charge >= 0.3 is 0 Å². The molecule has 3 heteroatoms. The summed E-state index contributed by atoms with van der Waals surface area (Å²) in [6.07, 6.45) is 8.37. The predicted molar refractivity (Wildman–Crippen MR) is 294 cm³/mol. The van der Waals surface area contributed by atoms with Crippen molar-refractivity contribution in [1.82, 2.24) is 4.57 Å². The molecule has 0 saturated carbocycles. The molecular formula is C66H49N3. The Kier molecular flexibility index (Phi) is 11.9. The molecule has 0 aliphatic heterocycles. The summed E-state index contributed by atoms with van der Waals surface area (Å²) in [6.45, 7) is 4.28. The van der Waals surface area contributed by atoms with Crippen LogP contribution in [0.1, 0.15) is 5.56 Å². The van der Waals surface area contributed by atoms with Gasteiger partial charge in [0.15, 0.2) is 0 Å². The zero-order valence-corrected chi connectivity index (χ0v) is 38.2. The Hall–Kier alpha value is -9.18. The van der Waals surface area contributed by atoms with E-state index in [9.17, 15) is 0 Å². The number of allylic oxidation sites excluding steroid dienone is 3. The fourth-order valence-electron chi connectivity index (χ4n) is 9.39. The third-order valence-corrected chi connectivity index (χ3v) is 12.8. The van der Waals surface area contributed by atoms with E-state index in [0.29, 0.717) is 0 Å². The Labute approximate surface area is 404 Å². The molecule has 1 aromatic heterocycles. The van der Waals surface area contributed by atoms with E-state index in [0.717, 1.165) is 56.5 Å². The summed E-state index contributed by atoms with van der Waals surface area (Å²) in [5, 5.41) is 2.46. The number of benzene rings is 10. The monoisotopic (exact) mass is 883 g/mol. The Morgan fingerprint density at radius 3 is 1.28 bits per heavy atom. The van der Waals surface area contributed by atoms with Crippen LogP contribution in [-0.4, -0.2) is 4.57 Å². The maximum atomic E-state index is 4.28. The number of hydrogen-bond donors (Lipinski definition) is 0. The fraction of sp³-hybridized carbons (Fsp3) is 0. The minimum absolute atomic E-state index is 0.963. The minimum atomic E-state index is 0.963. The summed E-state index contributed by atoms with van der Waals surface area (Å²) in [6, 6.07) is 92.9. The van der Waals surface area contributed by atoms with Crippen LogP contribution in [-0.2, 0) is 0 Å². The first-order chi connectivity index (χ1) is 34.2. The van der Waals surface area contributed by atoms with Gasteiger partial charge in [0.1, 0.15) is 0 Å². The zero-order valence-electron chi connectivity index (χ0n) is 38.2. The first kappa shape index (κ1) is 42.5. The summed E-state index contributed by atoms with van der Waals surface area (Å²) in [4.78, 5) is 4.58. The highest BCUT2D eigenvalue weighted by Crippen LogP contribution is 2.39. The van der Waals surface area contributed by atoms with Gasteiger partial charge in [-0.1, -0.05) is 189 Å². The van der Waals surface area contributed by atoms with E-state index in [1.807, 2.05) is 6.08 Å². The zero-order chi connectivity index (χ0) is 46.4. The second-order valence-electron chi connectivity index (χ2n) is 17.0. The van der Waals surface area contributed by atoms with Crippen molar-refractivity contribution in [2.24, 2.45) is 0 Å². The van der Waals surface area contributed by atoms with Crippen molar-refractivity contribution < 1.29 is 0 Å².